The van der Waals surface area contributed by atoms with Gasteiger partial charge in [0.05, 0.1) is 0 Å². The Balaban J connectivity index is 1.55. The summed E-state index contributed by atoms with van der Waals surface area (Å²) >= 11 is 0. The number of nitrogens with zero attached hydrogens (tertiary/aromatic N) is 1. The molecule has 1 aromatic carbocycles. The number of imide groups is 1. The molecule has 1 saturated carbocycles. The molecule has 3 rings (SSSR count). The van der Waals surface area contributed by atoms with Gasteiger partial charge < -0.3 is 16.0 Å². The molecule has 2 aliphatic rings. The van der Waals surface area contributed by atoms with Crippen LogP contribution in [-0.2, 0) is 20.9 Å². The van der Waals surface area contributed by atoms with Crippen LogP contribution >= 0.6 is 0 Å². The lowest BCUT2D eigenvalue weighted by atomic mass is 9.75. The fourth-order valence-electron chi connectivity index (χ4n) is 4.10. The number of carbonyl (C=O) groups is 4. The number of nitrogens with one attached hydrogen (secondary N) is 3. The minimum absolute atomic E-state index is 0.174. The molecule has 156 valence electrons. The molecule has 1 spiro atoms. The Hall–Kier alpha value is -2.90. The molecule has 2 fully saturated rings. The maximum Gasteiger partial charge on any atom is 0.325 e. The summed E-state index contributed by atoms with van der Waals surface area (Å²) in [6.07, 6.45) is 4.15. The van der Waals surface area contributed by atoms with Crippen molar-refractivity contribution in [1.82, 2.24) is 15.5 Å². The average molecular weight is 400 g/mol. The van der Waals surface area contributed by atoms with Crippen LogP contribution in [0.4, 0.5) is 10.5 Å². The van der Waals surface area contributed by atoms with Gasteiger partial charge >= 0.3 is 6.03 Å². The van der Waals surface area contributed by atoms with Crippen LogP contribution in [0.15, 0.2) is 24.3 Å². The molecular weight excluding hydrogens is 372 g/mol. The van der Waals surface area contributed by atoms with Crippen LogP contribution in [0.25, 0.3) is 0 Å². The summed E-state index contributed by atoms with van der Waals surface area (Å²) < 4.78 is 0. The van der Waals surface area contributed by atoms with Crippen molar-refractivity contribution >= 4 is 29.4 Å². The summed E-state index contributed by atoms with van der Waals surface area (Å²) in [5.41, 5.74) is 0.606. The van der Waals surface area contributed by atoms with E-state index in [0.29, 0.717) is 24.4 Å². The van der Waals surface area contributed by atoms with E-state index in [2.05, 4.69) is 22.9 Å². The van der Waals surface area contributed by atoms with E-state index < -0.39 is 17.5 Å². The molecule has 0 bridgehead atoms. The average Bonchev–Trinajstić information content (AvgIpc) is 2.91. The zero-order valence-electron chi connectivity index (χ0n) is 16.9. The largest absolute Gasteiger partial charge is 0.350 e. The maximum absolute atomic E-state index is 12.9. The van der Waals surface area contributed by atoms with Crippen molar-refractivity contribution in [3.63, 3.8) is 0 Å². The third-order valence-corrected chi connectivity index (χ3v) is 5.82. The number of hydrogen-bond donors (Lipinski definition) is 3. The number of urea groups is 1. The Morgan fingerprint density at radius 2 is 1.97 bits per heavy atom. The molecule has 1 aliphatic carbocycles. The van der Waals surface area contributed by atoms with Crippen molar-refractivity contribution in [1.29, 1.82) is 0 Å². The highest BCUT2D eigenvalue weighted by atomic mass is 16.2. The quantitative estimate of drug-likeness (QED) is 0.636. The third kappa shape index (κ3) is 4.75. The molecule has 0 atom stereocenters. The van der Waals surface area contributed by atoms with Crippen molar-refractivity contribution in [2.45, 2.75) is 58.0 Å². The Kier molecular flexibility index (Phi) is 6.20. The molecule has 1 aliphatic heterocycles. The summed E-state index contributed by atoms with van der Waals surface area (Å²) in [6.45, 7) is 3.50. The van der Waals surface area contributed by atoms with Crippen molar-refractivity contribution in [2.75, 3.05) is 11.9 Å². The lowest BCUT2D eigenvalue weighted by Crippen LogP contribution is -2.50. The predicted molar refractivity (Wildman–Crippen MR) is 108 cm³/mol. The van der Waals surface area contributed by atoms with Gasteiger partial charge in [-0.05, 0) is 49.3 Å². The Morgan fingerprint density at radius 1 is 1.24 bits per heavy atom. The minimum atomic E-state index is -0.838. The van der Waals surface area contributed by atoms with E-state index >= 15 is 0 Å². The van der Waals surface area contributed by atoms with Gasteiger partial charge in [-0.15, -0.1) is 0 Å². The highest BCUT2D eigenvalue weighted by molar-refractivity contribution is 6.09. The zero-order chi connectivity index (χ0) is 21.0. The van der Waals surface area contributed by atoms with E-state index in [1.807, 2.05) is 6.07 Å². The van der Waals surface area contributed by atoms with Gasteiger partial charge in [0.2, 0.25) is 11.8 Å². The predicted octanol–water partition coefficient (Wildman–Crippen LogP) is 2.15. The van der Waals surface area contributed by atoms with Crippen LogP contribution in [0, 0.1) is 5.92 Å². The van der Waals surface area contributed by atoms with Gasteiger partial charge in [-0.3, -0.25) is 19.3 Å². The zero-order valence-corrected chi connectivity index (χ0v) is 16.9. The SMILES string of the molecule is CCC1CCC2(CC1)NC(=O)N(CC(=O)NCc1cccc(NC(C)=O)c1)C2=O. The Bertz CT molecular complexity index is 815. The van der Waals surface area contributed by atoms with Gasteiger partial charge in [0.25, 0.3) is 5.91 Å². The van der Waals surface area contributed by atoms with Crippen molar-refractivity contribution < 1.29 is 19.2 Å². The number of anilines is 1. The van der Waals surface area contributed by atoms with Gasteiger partial charge in [-0.2, -0.15) is 0 Å². The highest BCUT2D eigenvalue weighted by Crippen LogP contribution is 2.37. The molecular formula is C21H28N4O4. The molecule has 3 N–H and O–H groups in total. The lowest BCUT2D eigenvalue weighted by molar-refractivity contribution is -0.136. The van der Waals surface area contributed by atoms with Gasteiger partial charge in [0.1, 0.15) is 12.1 Å². The second kappa shape index (κ2) is 8.63. The highest BCUT2D eigenvalue weighted by Gasteiger charge is 2.52. The lowest BCUT2D eigenvalue weighted by Gasteiger charge is -2.34. The minimum Gasteiger partial charge on any atom is -0.350 e. The first-order valence-corrected chi connectivity index (χ1v) is 10.1. The number of hydrogen-bond acceptors (Lipinski definition) is 4. The van der Waals surface area contributed by atoms with Crippen LogP contribution < -0.4 is 16.0 Å². The molecule has 29 heavy (non-hydrogen) atoms. The number of rotatable bonds is 6. The van der Waals surface area contributed by atoms with Crippen molar-refractivity contribution in [2.24, 2.45) is 5.92 Å². The van der Waals surface area contributed by atoms with E-state index in [4.69, 9.17) is 0 Å². The monoisotopic (exact) mass is 400 g/mol. The van der Waals surface area contributed by atoms with Crippen LogP contribution in [0.2, 0.25) is 0 Å². The number of benzene rings is 1. The van der Waals surface area contributed by atoms with Crippen molar-refractivity contribution in [3.8, 4) is 0 Å². The second-order valence-electron chi connectivity index (χ2n) is 7.91. The molecule has 1 aromatic rings. The van der Waals surface area contributed by atoms with E-state index in [-0.39, 0.29) is 24.9 Å². The number of amides is 5. The van der Waals surface area contributed by atoms with Crippen LogP contribution in [0.3, 0.4) is 0 Å². The normalized spacial score (nSPS) is 23.8. The van der Waals surface area contributed by atoms with E-state index in [0.717, 1.165) is 29.7 Å². The maximum atomic E-state index is 12.9. The first-order chi connectivity index (χ1) is 13.8. The summed E-state index contributed by atoms with van der Waals surface area (Å²) in [4.78, 5) is 49.7. The summed E-state index contributed by atoms with van der Waals surface area (Å²) in [7, 11) is 0. The molecule has 5 amide bonds. The van der Waals surface area contributed by atoms with Crippen LogP contribution in [0.5, 0.6) is 0 Å². The topological polar surface area (TPSA) is 108 Å². The summed E-state index contributed by atoms with van der Waals surface area (Å²) in [5, 5.41) is 8.25. The standard InChI is InChI=1S/C21H28N4O4/c1-3-15-7-9-21(10-8-15)19(28)25(20(29)24-21)13-18(27)22-12-16-5-4-6-17(11-16)23-14(2)26/h4-6,11,15H,3,7-10,12-13H2,1-2H3,(H,22,27)(H,23,26)(H,24,29). The van der Waals surface area contributed by atoms with Gasteiger partial charge in [0.15, 0.2) is 0 Å². The van der Waals surface area contributed by atoms with Gasteiger partial charge in [-0.1, -0.05) is 25.5 Å². The van der Waals surface area contributed by atoms with E-state index in [9.17, 15) is 19.2 Å². The fraction of sp³-hybridized carbons (Fsp3) is 0.524. The first-order valence-electron chi connectivity index (χ1n) is 10.1. The van der Waals surface area contributed by atoms with Crippen molar-refractivity contribution in [3.05, 3.63) is 29.8 Å². The van der Waals surface area contributed by atoms with Gasteiger partial charge in [-0.25, -0.2) is 4.79 Å². The molecule has 0 aromatic heterocycles. The summed E-state index contributed by atoms with van der Waals surface area (Å²) in [6, 6.07) is 6.62. The van der Waals surface area contributed by atoms with E-state index in [1.165, 1.54) is 6.92 Å². The third-order valence-electron chi connectivity index (χ3n) is 5.82. The molecule has 0 radical (unpaired) electrons. The van der Waals surface area contributed by atoms with Crippen LogP contribution in [-0.4, -0.2) is 40.7 Å². The Labute approximate surface area is 170 Å². The molecule has 1 saturated heterocycles. The van der Waals surface area contributed by atoms with E-state index in [1.54, 1.807) is 18.2 Å². The molecule has 0 unspecified atom stereocenters. The van der Waals surface area contributed by atoms with Gasteiger partial charge in [0, 0.05) is 19.2 Å². The molecule has 8 nitrogen and oxygen atoms in total. The fourth-order valence-corrected chi connectivity index (χ4v) is 4.10. The summed E-state index contributed by atoms with van der Waals surface area (Å²) in [5.74, 6) is -0.278. The first kappa shape index (κ1) is 20.8. The molecule has 8 heteroatoms. The second-order valence-corrected chi connectivity index (χ2v) is 7.91. The van der Waals surface area contributed by atoms with Crippen LogP contribution in [0.1, 0.15) is 51.5 Å². The molecule has 1 heterocycles. The Morgan fingerprint density at radius 3 is 2.62 bits per heavy atom. The smallest absolute Gasteiger partial charge is 0.325 e. The number of carbonyl (C=O) groups excluding carboxylic acids is 4.